The molecule has 0 bridgehead atoms. The number of phosphoric acid groups is 1. The van der Waals surface area contributed by atoms with Gasteiger partial charge < -0.3 is 19.8 Å². The Morgan fingerprint density at radius 3 is 1.10 bits per heavy atom. The summed E-state index contributed by atoms with van der Waals surface area (Å²) in [6.07, 6.45) is 84.6. The highest BCUT2D eigenvalue weighted by atomic mass is 31.2. The zero-order valence-electron chi connectivity index (χ0n) is 53.8. The van der Waals surface area contributed by atoms with Crippen molar-refractivity contribution in [3.05, 3.63) is 60.8 Å². The summed E-state index contributed by atoms with van der Waals surface area (Å²) in [5, 5.41) is 14.1. The SMILES string of the molecule is CC/C=C\C/C=C\C/C=C\C/C=C\C/C=C\CCCCCCCCCCCCCCCCCCCCCCCC(=O)NC(COP(=O)(O)OCC[N+](C)(C)C)C(O)CCCCCCCCCCCCCCCCCCCCCCC. The van der Waals surface area contributed by atoms with Crippen molar-refractivity contribution in [3.8, 4) is 0 Å². The largest absolute Gasteiger partial charge is 0.472 e. The second kappa shape index (κ2) is 61.8. The van der Waals surface area contributed by atoms with Crippen LogP contribution < -0.4 is 5.32 Å². The molecule has 0 heterocycles. The molecule has 80 heavy (non-hydrogen) atoms. The van der Waals surface area contributed by atoms with Gasteiger partial charge in [0.05, 0.1) is 39.9 Å². The minimum Gasteiger partial charge on any atom is -0.391 e. The maximum Gasteiger partial charge on any atom is 0.472 e. The van der Waals surface area contributed by atoms with Crippen molar-refractivity contribution in [2.45, 2.75) is 347 Å². The van der Waals surface area contributed by atoms with Gasteiger partial charge in [-0.2, -0.15) is 0 Å². The number of rotatable bonds is 64. The Balaban J connectivity index is 3.96. The molecule has 0 aliphatic heterocycles. The molecule has 3 atom stereocenters. The van der Waals surface area contributed by atoms with Crippen molar-refractivity contribution >= 4 is 13.7 Å². The normalized spacial score (nSPS) is 14.0. The van der Waals surface area contributed by atoms with E-state index in [1.807, 2.05) is 21.1 Å². The molecular formula is C71H136N2O6P+. The van der Waals surface area contributed by atoms with E-state index in [4.69, 9.17) is 9.05 Å². The van der Waals surface area contributed by atoms with Gasteiger partial charge in [-0.15, -0.1) is 0 Å². The Hall–Kier alpha value is -1.80. The number of allylic oxidation sites excluding steroid dienone is 10. The molecule has 0 aliphatic rings. The standard InChI is InChI=1S/C71H135N2O6P/c1-6-8-10-12-14-16-18-20-22-24-26-28-29-30-31-32-33-34-35-36-37-38-39-40-41-42-43-45-47-49-51-53-55-57-59-61-63-65-71(75)72-69(68-79-80(76,77)78-67-66-73(3,4)5)70(74)64-62-60-58-56-54-52-50-48-46-44-27-25-23-21-19-17-15-13-11-9-7-2/h8,10,14,16,20,22,26,28,30-31,69-70,74H,6-7,9,11-13,15,17-19,21,23-25,27,29,32-68H2,1-5H3,(H-,72,75,76,77)/p+1/b10-8-,16-14-,22-20-,28-26-,31-30-. The second-order valence-electron chi connectivity index (χ2n) is 24.9. The molecule has 470 valence electrons. The number of nitrogens with one attached hydrogen (secondary N) is 1. The summed E-state index contributed by atoms with van der Waals surface area (Å²) in [6.45, 7) is 4.82. The molecular weight excluding hydrogens is 1010 g/mol. The molecule has 0 radical (unpaired) electrons. The zero-order chi connectivity index (χ0) is 58.4. The quantitative estimate of drug-likeness (QED) is 0.0243. The molecule has 3 N–H and O–H groups in total. The summed E-state index contributed by atoms with van der Waals surface area (Å²) in [7, 11) is 1.63. The lowest BCUT2D eigenvalue weighted by Crippen LogP contribution is -2.46. The topological polar surface area (TPSA) is 105 Å². The Kier molecular flexibility index (Phi) is 60.4. The Morgan fingerprint density at radius 1 is 0.438 bits per heavy atom. The first-order valence-corrected chi connectivity index (χ1v) is 36.1. The Labute approximate surface area is 498 Å². The molecule has 0 aromatic rings. The minimum atomic E-state index is -4.33. The fourth-order valence-corrected chi connectivity index (χ4v) is 11.2. The van der Waals surface area contributed by atoms with E-state index in [1.165, 1.54) is 238 Å². The Bertz CT molecular complexity index is 1490. The fraction of sp³-hybridized carbons (Fsp3) is 0.845. The van der Waals surface area contributed by atoms with Crippen LogP contribution in [0.25, 0.3) is 0 Å². The third-order valence-corrected chi connectivity index (χ3v) is 16.8. The summed E-state index contributed by atoms with van der Waals surface area (Å²) in [4.78, 5) is 23.4. The van der Waals surface area contributed by atoms with Crippen molar-refractivity contribution < 1.29 is 32.9 Å². The lowest BCUT2D eigenvalue weighted by atomic mass is 10.0. The molecule has 0 aromatic heterocycles. The number of hydrogen-bond acceptors (Lipinski definition) is 5. The lowest BCUT2D eigenvalue weighted by molar-refractivity contribution is -0.870. The third-order valence-electron chi connectivity index (χ3n) is 15.8. The molecule has 0 fully saturated rings. The summed E-state index contributed by atoms with van der Waals surface area (Å²) in [6, 6.07) is -0.761. The first kappa shape index (κ1) is 78.2. The summed E-state index contributed by atoms with van der Waals surface area (Å²) >= 11 is 0. The third kappa shape index (κ3) is 63.8. The van der Waals surface area contributed by atoms with Crippen LogP contribution in [-0.2, 0) is 18.4 Å². The van der Waals surface area contributed by atoms with Gasteiger partial charge in [-0.1, -0.05) is 331 Å². The number of aliphatic hydroxyl groups is 1. The van der Waals surface area contributed by atoms with E-state index < -0.39 is 20.0 Å². The highest BCUT2D eigenvalue weighted by Crippen LogP contribution is 2.43. The number of likely N-dealkylation sites (N-methyl/N-ethyl adjacent to an activating group) is 1. The number of carbonyl (C=O) groups is 1. The number of nitrogens with zero attached hydrogens (tertiary/aromatic N) is 1. The average molecular weight is 1140 g/mol. The van der Waals surface area contributed by atoms with Crippen LogP contribution in [0, 0.1) is 0 Å². The highest BCUT2D eigenvalue weighted by Gasteiger charge is 2.28. The van der Waals surface area contributed by atoms with Gasteiger partial charge in [-0.3, -0.25) is 13.8 Å². The predicted octanol–water partition coefficient (Wildman–Crippen LogP) is 22.0. The average Bonchev–Trinajstić information content (AvgIpc) is 3.42. The van der Waals surface area contributed by atoms with Gasteiger partial charge in [0, 0.05) is 6.42 Å². The van der Waals surface area contributed by atoms with Gasteiger partial charge in [-0.05, 0) is 57.8 Å². The first-order chi connectivity index (χ1) is 39.0. The molecule has 3 unspecified atom stereocenters. The van der Waals surface area contributed by atoms with Gasteiger partial charge in [0.15, 0.2) is 0 Å². The van der Waals surface area contributed by atoms with E-state index in [9.17, 15) is 19.4 Å². The van der Waals surface area contributed by atoms with Gasteiger partial charge in [0.1, 0.15) is 13.2 Å². The predicted molar refractivity (Wildman–Crippen MR) is 350 cm³/mol. The monoisotopic (exact) mass is 1140 g/mol. The molecule has 0 aromatic carbocycles. The summed E-state index contributed by atoms with van der Waals surface area (Å²) < 4.78 is 23.9. The number of unbranched alkanes of at least 4 members (excludes halogenated alkanes) is 41. The van der Waals surface area contributed by atoms with E-state index in [0.29, 0.717) is 23.9 Å². The van der Waals surface area contributed by atoms with Crippen LogP contribution in [0.2, 0.25) is 0 Å². The number of quaternary nitrogens is 1. The molecule has 0 aliphatic carbocycles. The molecule has 0 saturated heterocycles. The van der Waals surface area contributed by atoms with Crippen molar-refractivity contribution in [1.29, 1.82) is 0 Å². The molecule has 1 amide bonds. The smallest absolute Gasteiger partial charge is 0.391 e. The zero-order valence-corrected chi connectivity index (χ0v) is 54.7. The second-order valence-corrected chi connectivity index (χ2v) is 26.3. The number of carbonyl (C=O) groups excluding carboxylic acids is 1. The van der Waals surface area contributed by atoms with Gasteiger partial charge in [0.25, 0.3) is 0 Å². The van der Waals surface area contributed by atoms with Crippen LogP contribution in [0.3, 0.4) is 0 Å². The van der Waals surface area contributed by atoms with Crippen LogP contribution in [0.1, 0.15) is 335 Å². The highest BCUT2D eigenvalue weighted by molar-refractivity contribution is 7.47. The number of aliphatic hydroxyl groups excluding tert-OH is 1. The Morgan fingerprint density at radius 2 is 0.750 bits per heavy atom. The van der Waals surface area contributed by atoms with Gasteiger partial charge in [0.2, 0.25) is 5.91 Å². The van der Waals surface area contributed by atoms with Crippen LogP contribution in [0.15, 0.2) is 60.8 Å². The first-order valence-electron chi connectivity index (χ1n) is 34.7. The van der Waals surface area contributed by atoms with E-state index in [-0.39, 0.29) is 19.1 Å². The van der Waals surface area contributed by atoms with E-state index in [2.05, 4.69) is 79.9 Å². The fourth-order valence-electron chi connectivity index (χ4n) is 10.4. The van der Waals surface area contributed by atoms with Gasteiger partial charge in [-0.25, -0.2) is 4.57 Å². The van der Waals surface area contributed by atoms with Crippen molar-refractivity contribution in [2.24, 2.45) is 0 Å². The molecule has 0 saturated carbocycles. The molecule has 9 heteroatoms. The number of phosphoric ester groups is 1. The molecule has 8 nitrogen and oxygen atoms in total. The number of hydrogen-bond donors (Lipinski definition) is 3. The molecule has 0 rings (SSSR count). The van der Waals surface area contributed by atoms with Crippen molar-refractivity contribution in [3.63, 3.8) is 0 Å². The number of amides is 1. The maximum atomic E-state index is 13.1. The van der Waals surface area contributed by atoms with Crippen molar-refractivity contribution in [2.75, 3.05) is 40.9 Å². The van der Waals surface area contributed by atoms with Crippen LogP contribution in [0.5, 0.6) is 0 Å². The van der Waals surface area contributed by atoms with E-state index in [1.54, 1.807) is 0 Å². The van der Waals surface area contributed by atoms with Crippen LogP contribution in [0.4, 0.5) is 0 Å². The van der Waals surface area contributed by atoms with Crippen LogP contribution in [-0.4, -0.2) is 73.4 Å². The molecule has 0 spiro atoms. The van der Waals surface area contributed by atoms with E-state index >= 15 is 0 Å². The van der Waals surface area contributed by atoms with E-state index in [0.717, 1.165) is 70.6 Å². The lowest BCUT2D eigenvalue weighted by Gasteiger charge is -2.26. The summed E-state index contributed by atoms with van der Waals surface area (Å²) in [5.74, 6) is -0.138. The summed E-state index contributed by atoms with van der Waals surface area (Å²) in [5.41, 5.74) is 0. The minimum absolute atomic E-state index is 0.0759. The maximum absolute atomic E-state index is 13.1. The van der Waals surface area contributed by atoms with Gasteiger partial charge >= 0.3 is 7.82 Å². The van der Waals surface area contributed by atoms with Crippen LogP contribution >= 0.6 is 7.82 Å². The van der Waals surface area contributed by atoms with Crippen molar-refractivity contribution in [1.82, 2.24) is 5.32 Å².